The van der Waals surface area contributed by atoms with Gasteiger partial charge in [0.2, 0.25) is 0 Å². The smallest absolute Gasteiger partial charge is 0.140 e. The first-order valence-corrected chi connectivity index (χ1v) is 11.1. The highest BCUT2D eigenvalue weighted by Crippen LogP contribution is 2.36. The predicted octanol–water partition coefficient (Wildman–Crippen LogP) is 7.57. The quantitative estimate of drug-likeness (QED) is 0.310. The summed E-state index contributed by atoms with van der Waals surface area (Å²) in [5.74, 6) is 0.882. The van der Waals surface area contributed by atoms with Crippen molar-refractivity contribution in [3.63, 3.8) is 0 Å². The number of rotatable bonds is 4. The Morgan fingerprint density at radius 2 is 1.18 bits per heavy atom. The van der Waals surface area contributed by atoms with Crippen molar-refractivity contribution in [2.75, 3.05) is 0 Å². The molecule has 0 radical (unpaired) electrons. The molecule has 0 atom stereocenters. The van der Waals surface area contributed by atoms with Gasteiger partial charge in [0.15, 0.2) is 0 Å². The van der Waals surface area contributed by atoms with Crippen LogP contribution in [0.1, 0.15) is 0 Å². The molecular formula is C30H23N3. The summed E-state index contributed by atoms with van der Waals surface area (Å²) in [6, 6.07) is 38.0. The lowest BCUT2D eigenvalue weighted by Gasteiger charge is -2.06. The van der Waals surface area contributed by atoms with E-state index in [9.17, 15) is 0 Å². The second-order valence-corrected chi connectivity index (χ2v) is 8.29. The maximum absolute atomic E-state index is 5.10. The Balaban J connectivity index is 1.50. The van der Waals surface area contributed by atoms with Crippen LogP contribution in [0.25, 0.3) is 55.9 Å². The number of fused-ring (bicyclic) bond motifs is 1. The number of nitrogens with one attached hydrogen (secondary N) is 1. The first-order chi connectivity index (χ1) is 16.3. The third-order valence-corrected chi connectivity index (χ3v) is 6.18. The van der Waals surface area contributed by atoms with Gasteiger partial charge < -0.3 is 9.55 Å². The Morgan fingerprint density at radius 3 is 1.91 bits per heavy atom. The molecule has 0 saturated carbocycles. The van der Waals surface area contributed by atoms with Gasteiger partial charge in [-0.2, -0.15) is 0 Å². The van der Waals surface area contributed by atoms with Crippen LogP contribution in [0.4, 0.5) is 0 Å². The van der Waals surface area contributed by atoms with Gasteiger partial charge in [0, 0.05) is 40.8 Å². The van der Waals surface area contributed by atoms with E-state index in [2.05, 4.69) is 120 Å². The number of hydrogen-bond acceptors (Lipinski definition) is 1. The van der Waals surface area contributed by atoms with Crippen LogP contribution in [0.2, 0.25) is 0 Å². The van der Waals surface area contributed by atoms with Crippen LogP contribution in [0.15, 0.2) is 115 Å². The Bertz CT molecular complexity index is 1540. The van der Waals surface area contributed by atoms with E-state index in [1.165, 1.54) is 22.0 Å². The topological polar surface area (TPSA) is 33.6 Å². The Labute approximate surface area is 193 Å². The molecule has 0 spiro atoms. The van der Waals surface area contributed by atoms with Crippen LogP contribution in [0, 0.1) is 0 Å². The van der Waals surface area contributed by atoms with Crippen LogP contribution in [-0.4, -0.2) is 14.5 Å². The Hall–Kier alpha value is -4.37. The number of aryl methyl sites for hydroxylation is 1. The standard InChI is InChI=1S/C30H23N3/c1-33-20-26(25-14-8-9-15-27(25)33)30-31-28(23-12-6-3-7-13-23)29(32-30)24-18-16-22(17-19-24)21-10-4-2-5-11-21/h2-20H,1H3,(H,31,32). The average Bonchev–Trinajstić information content (AvgIpc) is 3.47. The minimum Gasteiger partial charge on any atom is -0.350 e. The Morgan fingerprint density at radius 1 is 0.606 bits per heavy atom. The first-order valence-electron chi connectivity index (χ1n) is 11.1. The van der Waals surface area contributed by atoms with Crippen molar-refractivity contribution in [2.24, 2.45) is 7.05 Å². The van der Waals surface area contributed by atoms with Crippen molar-refractivity contribution in [1.29, 1.82) is 0 Å². The minimum absolute atomic E-state index is 0.882. The summed E-state index contributed by atoms with van der Waals surface area (Å²) in [6.07, 6.45) is 2.15. The van der Waals surface area contributed by atoms with Gasteiger partial charge in [-0.1, -0.05) is 103 Å². The number of para-hydroxylation sites is 1. The normalized spacial score (nSPS) is 11.2. The van der Waals surface area contributed by atoms with Crippen molar-refractivity contribution in [3.8, 4) is 45.0 Å². The molecule has 2 aromatic heterocycles. The fourth-order valence-electron chi connectivity index (χ4n) is 4.50. The molecule has 3 heteroatoms. The lowest BCUT2D eigenvalue weighted by molar-refractivity contribution is 0.969. The second kappa shape index (κ2) is 7.95. The van der Waals surface area contributed by atoms with Crippen molar-refractivity contribution in [1.82, 2.24) is 14.5 Å². The molecule has 2 heterocycles. The van der Waals surface area contributed by atoms with Crippen LogP contribution in [-0.2, 0) is 7.05 Å². The fraction of sp³-hybridized carbons (Fsp3) is 0.0333. The van der Waals surface area contributed by atoms with E-state index in [4.69, 9.17) is 4.98 Å². The molecule has 0 fully saturated rings. The van der Waals surface area contributed by atoms with Gasteiger partial charge in [0.05, 0.1) is 11.4 Å². The number of H-pyrrole nitrogens is 1. The average molecular weight is 426 g/mol. The van der Waals surface area contributed by atoms with Gasteiger partial charge >= 0.3 is 0 Å². The van der Waals surface area contributed by atoms with Crippen molar-refractivity contribution >= 4 is 10.9 Å². The third-order valence-electron chi connectivity index (χ3n) is 6.18. The van der Waals surface area contributed by atoms with Crippen LogP contribution in [0.3, 0.4) is 0 Å². The Kier molecular flexibility index (Phi) is 4.66. The summed E-state index contributed by atoms with van der Waals surface area (Å²) < 4.78 is 2.16. The highest BCUT2D eigenvalue weighted by atomic mass is 15.0. The highest BCUT2D eigenvalue weighted by Gasteiger charge is 2.18. The van der Waals surface area contributed by atoms with Gasteiger partial charge in [-0.3, -0.25) is 0 Å². The maximum atomic E-state index is 5.10. The van der Waals surface area contributed by atoms with Crippen LogP contribution in [0.5, 0.6) is 0 Å². The molecule has 0 aliphatic carbocycles. The zero-order valence-corrected chi connectivity index (χ0v) is 18.4. The summed E-state index contributed by atoms with van der Waals surface area (Å²) in [5.41, 5.74) is 8.93. The fourth-order valence-corrected chi connectivity index (χ4v) is 4.50. The molecule has 3 nitrogen and oxygen atoms in total. The van der Waals surface area contributed by atoms with Crippen LogP contribution >= 0.6 is 0 Å². The molecule has 0 unspecified atom stereocenters. The lowest BCUT2D eigenvalue weighted by Crippen LogP contribution is -1.84. The monoisotopic (exact) mass is 425 g/mol. The molecule has 6 aromatic rings. The zero-order valence-electron chi connectivity index (χ0n) is 18.4. The summed E-state index contributed by atoms with van der Waals surface area (Å²) in [5, 5.41) is 1.19. The third kappa shape index (κ3) is 3.44. The largest absolute Gasteiger partial charge is 0.350 e. The van der Waals surface area contributed by atoms with Crippen molar-refractivity contribution in [2.45, 2.75) is 0 Å². The van der Waals surface area contributed by atoms with E-state index in [1.54, 1.807) is 0 Å². The van der Waals surface area contributed by atoms with E-state index in [-0.39, 0.29) is 0 Å². The van der Waals surface area contributed by atoms with Gasteiger partial charge in [-0.05, 0) is 17.2 Å². The van der Waals surface area contributed by atoms with Crippen molar-refractivity contribution < 1.29 is 0 Å². The van der Waals surface area contributed by atoms with Gasteiger partial charge in [-0.15, -0.1) is 0 Å². The molecule has 0 saturated heterocycles. The number of imidazole rings is 1. The molecule has 158 valence electrons. The number of hydrogen-bond donors (Lipinski definition) is 1. The SMILES string of the molecule is Cn1cc(-c2nc(-c3ccccc3)c(-c3ccc(-c4ccccc4)cc3)[nH]2)c2ccccc21. The summed E-state index contributed by atoms with van der Waals surface area (Å²) >= 11 is 0. The number of nitrogens with zero attached hydrogens (tertiary/aromatic N) is 2. The maximum Gasteiger partial charge on any atom is 0.140 e. The van der Waals surface area contributed by atoms with Gasteiger partial charge in [0.1, 0.15) is 5.82 Å². The summed E-state index contributed by atoms with van der Waals surface area (Å²) in [7, 11) is 2.08. The second-order valence-electron chi connectivity index (χ2n) is 8.29. The summed E-state index contributed by atoms with van der Waals surface area (Å²) in [6.45, 7) is 0. The molecule has 6 rings (SSSR count). The van der Waals surface area contributed by atoms with Gasteiger partial charge in [0.25, 0.3) is 0 Å². The minimum atomic E-state index is 0.882. The number of aromatic amines is 1. The molecular weight excluding hydrogens is 402 g/mol. The van der Waals surface area contributed by atoms with E-state index in [0.29, 0.717) is 0 Å². The highest BCUT2D eigenvalue weighted by molar-refractivity contribution is 5.95. The molecule has 4 aromatic carbocycles. The van der Waals surface area contributed by atoms with Gasteiger partial charge in [-0.25, -0.2) is 4.98 Å². The zero-order chi connectivity index (χ0) is 22.2. The van der Waals surface area contributed by atoms with E-state index >= 15 is 0 Å². The van der Waals surface area contributed by atoms with E-state index in [1.807, 2.05) is 12.1 Å². The molecule has 1 N–H and O–H groups in total. The van der Waals surface area contributed by atoms with E-state index < -0.39 is 0 Å². The first kappa shape index (κ1) is 19.3. The van der Waals surface area contributed by atoms with Crippen LogP contribution < -0.4 is 0 Å². The predicted molar refractivity (Wildman–Crippen MR) is 137 cm³/mol. The molecule has 0 bridgehead atoms. The molecule has 0 aliphatic heterocycles. The molecule has 0 amide bonds. The number of aromatic nitrogens is 3. The molecule has 0 aliphatic rings. The molecule has 33 heavy (non-hydrogen) atoms. The van der Waals surface area contributed by atoms with E-state index in [0.717, 1.165) is 33.9 Å². The van der Waals surface area contributed by atoms with Crippen molar-refractivity contribution in [3.05, 3.63) is 115 Å². The number of benzene rings is 4. The lowest BCUT2D eigenvalue weighted by atomic mass is 10.0. The summed E-state index contributed by atoms with van der Waals surface area (Å²) in [4.78, 5) is 8.76.